The number of thiophene rings is 2. The molecule has 220 valence electrons. The first kappa shape index (κ1) is 29.2. The lowest BCUT2D eigenvalue weighted by Gasteiger charge is -2.16. The Morgan fingerprint density at radius 2 is 1.00 bits per heavy atom. The SMILES string of the molecule is CCCCc1c(Oc2ccc3cc(C4CCCCCC4)sc3c2CCCC)ccc2cc(C3CCCCCC3)sc12. The molecule has 0 saturated heterocycles. The van der Waals surface area contributed by atoms with Crippen LogP contribution in [0.15, 0.2) is 36.4 Å². The highest BCUT2D eigenvalue weighted by molar-refractivity contribution is 7.19. The lowest BCUT2D eigenvalue weighted by Crippen LogP contribution is -1.96. The average Bonchev–Trinajstić information content (AvgIpc) is 3.38. The molecule has 2 aliphatic carbocycles. The first-order chi connectivity index (χ1) is 20.2. The summed E-state index contributed by atoms with van der Waals surface area (Å²) in [7, 11) is 0. The van der Waals surface area contributed by atoms with Crippen LogP contribution in [0.2, 0.25) is 0 Å². The van der Waals surface area contributed by atoms with Crippen molar-refractivity contribution in [2.75, 3.05) is 0 Å². The van der Waals surface area contributed by atoms with E-state index in [1.165, 1.54) is 134 Å². The summed E-state index contributed by atoms with van der Waals surface area (Å²) >= 11 is 4.16. The monoisotopic (exact) mass is 586 g/mol. The Morgan fingerprint density at radius 1 is 0.585 bits per heavy atom. The first-order valence-corrected chi connectivity index (χ1v) is 18.7. The molecule has 0 amide bonds. The Balaban J connectivity index is 1.36. The average molecular weight is 587 g/mol. The van der Waals surface area contributed by atoms with E-state index in [2.05, 4.69) is 72.9 Å². The third kappa shape index (κ3) is 6.72. The summed E-state index contributed by atoms with van der Waals surface area (Å²) in [4.78, 5) is 3.23. The maximum absolute atomic E-state index is 7.01. The molecular weight excluding hydrogens is 537 g/mol. The van der Waals surface area contributed by atoms with Gasteiger partial charge in [0, 0.05) is 30.3 Å². The molecule has 4 aromatic rings. The molecule has 0 atom stereocenters. The Hall–Kier alpha value is -1.84. The lowest BCUT2D eigenvalue weighted by molar-refractivity contribution is 0.470. The van der Waals surface area contributed by atoms with Crippen LogP contribution in [0, 0.1) is 0 Å². The van der Waals surface area contributed by atoms with Crippen molar-refractivity contribution in [2.45, 2.75) is 141 Å². The van der Waals surface area contributed by atoms with Crippen LogP contribution in [0.5, 0.6) is 11.5 Å². The zero-order valence-electron chi connectivity index (χ0n) is 25.6. The second-order valence-corrected chi connectivity index (χ2v) is 15.1. The van der Waals surface area contributed by atoms with Crippen LogP contribution in [0.4, 0.5) is 0 Å². The van der Waals surface area contributed by atoms with E-state index >= 15 is 0 Å². The number of hydrogen-bond donors (Lipinski definition) is 0. The topological polar surface area (TPSA) is 9.23 Å². The molecule has 0 bridgehead atoms. The van der Waals surface area contributed by atoms with Crippen molar-refractivity contribution < 1.29 is 4.74 Å². The van der Waals surface area contributed by atoms with Gasteiger partial charge in [0.15, 0.2) is 0 Å². The maximum Gasteiger partial charge on any atom is 0.132 e. The van der Waals surface area contributed by atoms with Gasteiger partial charge in [-0.2, -0.15) is 0 Å². The summed E-state index contributed by atoms with van der Waals surface area (Å²) < 4.78 is 9.98. The van der Waals surface area contributed by atoms with Gasteiger partial charge in [-0.25, -0.2) is 0 Å². The summed E-state index contributed by atoms with van der Waals surface area (Å²) in [6, 6.07) is 14.3. The smallest absolute Gasteiger partial charge is 0.132 e. The Labute approximate surface area is 256 Å². The van der Waals surface area contributed by atoms with Crippen molar-refractivity contribution in [3.8, 4) is 11.5 Å². The summed E-state index contributed by atoms with van der Waals surface area (Å²) in [5.41, 5.74) is 2.89. The summed E-state index contributed by atoms with van der Waals surface area (Å²) in [5.74, 6) is 3.70. The van der Waals surface area contributed by atoms with Crippen LogP contribution >= 0.6 is 22.7 Å². The molecule has 1 nitrogen and oxygen atoms in total. The number of ether oxygens (including phenoxy) is 1. The van der Waals surface area contributed by atoms with Gasteiger partial charge in [-0.05, 0) is 110 Å². The van der Waals surface area contributed by atoms with Crippen LogP contribution in [0.1, 0.15) is 149 Å². The molecule has 2 aliphatic rings. The Kier molecular flexibility index (Phi) is 10.0. The fraction of sp³-hybridized carbons (Fsp3) is 0.579. The zero-order chi connectivity index (χ0) is 28.0. The second kappa shape index (κ2) is 14.1. The molecule has 3 heteroatoms. The van der Waals surface area contributed by atoms with Crippen LogP contribution in [0.25, 0.3) is 20.2 Å². The van der Waals surface area contributed by atoms with Gasteiger partial charge in [0.2, 0.25) is 0 Å². The maximum atomic E-state index is 7.01. The van der Waals surface area contributed by atoms with Crippen molar-refractivity contribution in [3.05, 3.63) is 57.3 Å². The van der Waals surface area contributed by atoms with Gasteiger partial charge in [0.1, 0.15) is 11.5 Å². The minimum atomic E-state index is 0.753. The normalized spacial score (nSPS) is 17.7. The summed E-state index contributed by atoms with van der Waals surface area (Å²) in [5, 5.41) is 2.86. The van der Waals surface area contributed by atoms with E-state index in [4.69, 9.17) is 4.74 Å². The summed E-state index contributed by atoms with van der Waals surface area (Å²) in [6.45, 7) is 4.62. The van der Waals surface area contributed by atoms with Crippen molar-refractivity contribution in [3.63, 3.8) is 0 Å². The molecule has 41 heavy (non-hydrogen) atoms. The number of rotatable bonds is 10. The van der Waals surface area contributed by atoms with Gasteiger partial charge in [-0.15, -0.1) is 22.7 Å². The predicted molar refractivity (Wildman–Crippen MR) is 182 cm³/mol. The van der Waals surface area contributed by atoms with Crippen LogP contribution in [-0.2, 0) is 12.8 Å². The highest BCUT2D eigenvalue weighted by Crippen LogP contribution is 2.45. The molecule has 0 unspecified atom stereocenters. The number of fused-ring (bicyclic) bond motifs is 2. The Morgan fingerprint density at radius 3 is 1.39 bits per heavy atom. The van der Waals surface area contributed by atoms with E-state index in [1.807, 2.05) is 0 Å². The van der Waals surface area contributed by atoms with Crippen molar-refractivity contribution in [1.29, 1.82) is 0 Å². The van der Waals surface area contributed by atoms with Crippen LogP contribution < -0.4 is 4.74 Å². The molecule has 6 rings (SSSR count). The lowest BCUT2D eigenvalue weighted by atomic mass is 9.97. The Bertz CT molecular complexity index is 1300. The molecule has 0 radical (unpaired) electrons. The number of aryl methyl sites for hydroxylation is 2. The van der Waals surface area contributed by atoms with E-state index < -0.39 is 0 Å². The molecule has 0 aliphatic heterocycles. The summed E-state index contributed by atoms with van der Waals surface area (Å²) in [6.07, 6.45) is 23.7. The van der Waals surface area contributed by atoms with Crippen molar-refractivity contribution in [1.82, 2.24) is 0 Å². The molecule has 2 aromatic carbocycles. The largest absolute Gasteiger partial charge is 0.457 e. The van der Waals surface area contributed by atoms with Crippen molar-refractivity contribution in [2.24, 2.45) is 0 Å². The van der Waals surface area contributed by atoms with E-state index in [0.717, 1.165) is 36.2 Å². The highest BCUT2D eigenvalue weighted by atomic mass is 32.1. The van der Waals surface area contributed by atoms with E-state index in [1.54, 1.807) is 9.75 Å². The van der Waals surface area contributed by atoms with Crippen molar-refractivity contribution >= 4 is 42.8 Å². The molecule has 2 aromatic heterocycles. The van der Waals surface area contributed by atoms with Gasteiger partial charge < -0.3 is 4.74 Å². The standard InChI is InChI=1S/C38H50OS2/c1-3-5-19-31-33(23-21-29-25-35(40-37(29)31)27-15-11-7-8-12-16-27)39-34-24-22-30-26-36(28-17-13-9-10-14-18-28)41-38(30)32(34)20-6-4-2/h21-28H,3-20H2,1-2H3. The van der Waals surface area contributed by atoms with E-state index in [9.17, 15) is 0 Å². The fourth-order valence-electron chi connectivity index (χ4n) is 7.35. The van der Waals surface area contributed by atoms with Crippen LogP contribution in [0.3, 0.4) is 0 Å². The van der Waals surface area contributed by atoms with Gasteiger partial charge >= 0.3 is 0 Å². The van der Waals surface area contributed by atoms with Gasteiger partial charge in [0.25, 0.3) is 0 Å². The highest BCUT2D eigenvalue weighted by Gasteiger charge is 2.22. The van der Waals surface area contributed by atoms with E-state index in [-0.39, 0.29) is 0 Å². The van der Waals surface area contributed by atoms with Gasteiger partial charge in [-0.1, -0.05) is 78.1 Å². The molecule has 0 spiro atoms. The minimum Gasteiger partial charge on any atom is -0.457 e. The number of hydrogen-bond acceptors (Lipinski definition) is 3. The molecule has 2 fully saturated rings. The third-order valence-electron chi connectivity index (χ3n) is 9.83. The van der Waals surface area contributed by atoms with Gasteiger partial charge in [-0.3, -0.25) is 0 Å². The predicted octanol–water partition coefficient (Wildman–Crippen LogP) is 13.5. The molecule has 0 N–H and O–H groups in total. The van der Waals surface area contributed by atoms with E-state index in [0.29, 0.717) is 0 Å². The molecule has 2 saturated carbocycles. The first-order valence-electron chi connectivity index (χ1n) is 17.0. The zero-order valence-corrected chi connectivity index (χ0v) is 27.2. The molecule has 2 heterocycles. The quantitative estimate of drug-likeness (QED) is 0.168. The number of benzene rings is 2. The number of unbranched alkanes of at least 4 members (excludes halogenated alkanes) is 2. The minimum absolute atomic E-state index is 0.753. The fourth-order valence-corrected chi connectivity index (χ4v) is 10.1. The second-order valence-electron chi connectivity index (χ2n) is 12.9. The third-order valence-corrected chi connectivity index (χ3v) is 12.6. The molecular formula is C38H50OS2. The van der Waals surface area contributed by atoms with Gasteiger partial charge in [0.05, 0.1) is 0 Å². The van der Waals surface area contributed by atoms with Crippen LogP contribution in [-0.4, -0.2) is 0 Å².